The summed E-state index contributed by atoms with van der Waals surface area (Å²) in [5.74, 6) is -0.430. The van der Waals surface area contributed by atoms with Crippen molar-refractivity contribution in [2.75, 3.05) is 7.05 Å². The molecular formula is C31H35N5O5. The summed E-state index contributed by atoms with van der Waals surface area (Å²) in [4.78, 5) is 55.6. The van der Waals surface area contributed by atoms with Crippen molar-refractivity contribution in [3.8, 4) is 6.07 Å². The van der Waals surface area contributed by atoms with E-state index in [1.807, 2.05) is 24.3 Å². The zero-order valence-corrected chi connectivity index (χ0v) is 23.7. The average Bonchev–Trinajstić information content (AvgIpc) is 3.54. The Morgan fingerprint density at radius 3 is 2.54 bits per heavy atom. The average molecular weight is 558 g/mol. The maximum Gasteiger partial charge on any atom is 0.411 e. The van der Waals surface area contributed by atoms with Crippen molar-refractivity contribution >= 4 is 39.6 Å². The Bertz CT molecular complexity index is 1630. The van der Waals surface area contributed by atoms with Crippen molar-refractivity contribution in [1.29, 1.82) is 5.26 Å². The van der Waals surface area contributed by atoms with Crippen LogP contribution >= 0.6 is 0 Å². The van der Waals surface area contributed by atoms with E-state index in [0.29, 0.717) is 16.5 Å². The summed E-state index contributed by atoms with van der Waals surface area (Å²) in [6.45, 7) is 5.38. The number of likely N-dealkylation sites (tertiary alicyclic amines) is 1. The number of H-pyrrole nitrogens is 1. The minimum atomic E-state index is -0.849. The highest BCUT2D eigenvalue weighted by atomic mass is 16.6. The molecular weight excluding hydrogens is 522 g/mol. The SMILES string of the molecule is CNC(=O)Cc1ccc2[nH]c(=O)c3cc(CC(C#N)NC(=O)[C@@H]4[C@H]5CC[C@H](C5)N4C(=O)OC(C)(C)C)ccc3c2c1. The zero-order chi connectivity index (χ0) is 29.5. The highest BCUT2D eigenvalue weighted by Gasteiger charge is 2.52. The first-order valence-corrected chi connectivity index (χ1v) is 14.0. The minimum absolute atomic E-state index is 0.0349. The van der Waals surface area contributed by atoms with E-state index in [2.05, 4.69) is 21.7 Å². The van der Waals surface area contributed by atoms with E-state index in [9.17, 15) is 24.4 Å². The van der Waals surface area contributed by atoms with Crippen molar-refractivity contribution in [2.45, 2.75) is 76.6 Å². The molecule has 5 rings (SSSR count). The van der Waals surface area contributed by atoms with Crippen LogP contribution in [-0.2, 0) is 27.2 Å². The van der Waals surface area contributed by atoms with E-state index >= 15 is 0 Å². The molecule has 2 heterocycles. The van der Waals surface area contributed by atoms with E-state index in [4.69, 9.17) is 4.74 Å². The second-order valence-electron chi connectivity index (χ2n) is 12.0. The summed E-state index contributed by atoms with van der Waals surface area (Å²) in [7, 11) is 1.59. The first-order chi connectivity index (χ1) is 19.5. The van der Waals surface area contributed by atoms with Gasteiger partial charge in [0.05, 0.1) is 12.5 Å². The Morgan fingerprint density at radius 2 is 1.83 bits per heavy atom. The number of likely N-dealkylation sites (N-methyl/N-ethyl adjacent to an activating group) is 1. The highest BCUT2D eigenvalue weighted by Crippen LogP contribution is 2.43. The number of nitrogens with zero attached hydrogens (tertiary/aromatic N) is 2. The Labute approximate surface area is 238 Å². The number of aromatic nitrogens is 1. The van der Waals surface area contributed by atoms with Gasteiger partial charge in [0.15, 0.2) is 0 Å². The number of pyridine rings is 1. The smallest absolute Gasteiger partial charge is 0.411 e. The van der Waals surface area contributed by atoms with Gasteiger partial charge in [0.1, 0.15) is 17.7 Å². The quantitative estimate of drug-likeness (QED) is 0.397. The van der Waals surface area contributed by atoms with Crippen LogP contribution in [0.1, 0.15) is 51.2 Å². The second-order valence-corrected chi connectivity index (χ2v) is 12.0. The number of benzene rings is 2. The van der Waals surface area contributed by atoms with Crippen molar-refractivity contribution in [3.05, 3.63) is 57.9 Å². The highest BCUT2D eigenvalue weighted by molar-refractivity contribution is 6.05. The van der Waals surface area contributed by atoms with Crippen molar-refractivity contribution in [3.63, 3.8) is 0 Å². The fraction of sp³-hybridized carbons (Fsp3) is 0.452. The lowest BCUT2D eigenvalue weighted by Gasteiger charge is -2.35. The monoisotopic (exact) mass is 557 g/mol. The van der Waals surface area contributed by atoms with Gasteiger partial charge in [0, 0.05) is 35.8 Å². The molecule has 41 heavy (non-hydrogen) atoms. The number of fused-ring (bicyclic) bond motifs is 5. The van der Waals surface area contributed by atoms with Crippen molar-refractivity contribution < 1.29 is 19.1 Å². The zero-order valence-electron chi connectivity index (χ0n) is 23.7. The molecule has 3 amide bonds. The Balaban J connectivity index is 1.36. The molecule has 4 atom stereocenters. The molecule has 10 nitrogen and oxygen atoms in total. The number of nitriles is 1. The van der Waals surface area contributed by atoms with Gasteiger partial charge >= 0.3 is 6.09 Å². The molecule has 1 aromatic heterocycles. The fourth-order valence-corrected chi connectivity index (χ4v) is 6.16. The summed E-state index contributed by atoms with van der Waals surface area (Å²) >= 11 is 0. The van der Waals surface area contributed by atoms with Gasteiger partial charge in [-0.05, 0) is 80.7 Å². The van der Waals surface area contributed by atoms with Gasteiger partial charge in [0.25, 0.3) is 5.56 Å². The van der Waals surface area contributed by atoms with Crippen molar-refractivity contribution in [1.82, 2.24) is 20.5 Å². The van der Waals surface area contributed by atoms with Gasteiger partial charge in [-0.2, -0.15) is 5.26 Å². The maximum atomic E-state index is 13.4. The first-order valence-electron chi connectivity index (χ1n) is 14.0. The summed E-state index contributed by atoms with van der Waals surface area (Å²) in [5, 5.41) is 17.4. The molecule has 10 heteroatoms. The topological polar surface area (TPSA) is 144 Å². The summed E-state index contributed by atoms with van der Waals surface area (Å²) in [6, 6.07) is 11.5. The van der Waals surface area contributed by atoms with Crippen LogP contribution in [0.5, 0.6) is 0 Å². The third kappa shape index (κ3) is 5.75. The predicted octanol–water partition coefficient (Wildman–Crippen LogP) is 3.31. The second kappa shape index (κ2) is 10.9. The Morgan fingerprint density at radius 1 is 1.10 bits per heavy atom. The van der Waals surface area contributed by atoms with Gasteiger partial charge in [-0.1, -0.05) is 18.2 Å². The molecule has 2 bridgehead atoms. The first kappa shape index (κ1) is 28.1. The molecule has 0 spiro atoms. The fourth-order valence-electron chi connectivity index (χ4n) is 6.16. The van der Waals surface area contributed by atoms with Crippen LogP contribution in [-0.4, -0.2) is 58.6 Å². The molecule has 1 aliphatic heterocycles. The maximum absolute atomic E-state index is 13.4. The van der Waals surface area contributed by atoms with E-state index < -0.39 is 23.8 Å². The molecule has 214 valence electrons. The molecule has 3 N–H and O–H groups in total. The third-order valence-corrected chi connectivity index (χ3v) is 7.96. The molecule has 1 aliphatic carbocycles. The normalized spacial score (nSPS) is 20.6. The third-order valence-electron chi connectivity index (χ3n) is 7.96. The van der Waals surface area contributed by atoms with Gasteiger partial charge in [0.2, 0.25) is 11.8 Å². The number of piperidine rings is 1. The van der Waals surface area contributed by atoms with E-state index in [0.717, 1.165) is 35.6 Å². The lowest BCUT2D eigenvalue weighted by molar-refractivity contribution is -0.128. The summed E-state index contributed by atoms with van der Waals surface area (Å²) < 4.78 is 5.59. The van der Waals surface area contributed by atoms with E-state index in [1.54, 1.807) is 44.9 Å². The van der Waals surface area contributed by atoms with Crippen molar-refractivity contribution in [2.24, 2.45) is 5.92 Å². The molecule has 2 fully saturated rings. The van der Waals surface area contributed by atoms with E-state index in [-0.39, 0.29) is 42.2 Å². The van der Waals surface area contributed by atoms with Gasteiger partial charge < -0.3 is 20.4 Å². The minimum Gasteiger partial charge on any atom is -0.444 e. The van der Waals surface area contributed by atoms with Crippen LogP contribution in [0, 0.1) is 17.2 Å². The lowest BCUT2D eigenvalue weighted by atomic mass is 9.96. The number of carbonyl (C=O) groups excluding carboxylic acids is 3. The number of aromatic amines is 1. The number of hydrogen-bond acceptors (Lipinski definition) is 6. The molecule has 1 saturated carbocycles. The van der Waals surface area contributed by atoms with E-state index in [1.165, 1.54) is 0 Å². The Hall–Kier alpha value is -4.39. The number of amides is 3. The summed E-state index contributed by atoms with van der Waals surface area (Å²) in [6.07, 6.45) is 2.36. The standard InChI is InChI=1S/C31H35N5O5/c1-31(2,3)41-30(40)36-21-8-7-19(15-21)27(36)29(39)34-20(16-32)11-17-5-9-22-23-12-18(14-26(37)33-4)6-10-25(23)35-28(38)24(22)13-17/h5-6,9-10,12-13,19-21,27H,7-8,11,14-15H2,1-4H3,(H,33,37)(H,34,39)(H,35,38)/t19-,20?,21+,27-/m0/s1. The number of carbonyl (C=O) groups is 3. The van der Waals surface area contributed by atoms with Crippen LogP contribution < -0.4 is 16.2 Å². The molecule has 0 radical (unpaired) electrons. The van der Waals surface area contributed by atoms with Crippen LogP contribution in [0.2, 0.25) is 0 Å². The number of nitrogens with one attached hydrogen (secondary N) is 3. The van der Waals surface area contributed by atoms with Gasteiger partial charge in [-0.15, -0.1) is 0 Å². The van der Waals surface area contributed by atoms with Crippen LogP contribution in [0.25, 0.3) is 21.7 Å². The van der Waals surface area contributed by atoms with Crippen LogP contribution in [0.15, 0.2) is 41.2 Å². The lowest BCUT2D eigenvalue weighted by Crippen LogP contribution is -2.55. The Kier molecular flexibility index (Phi) is 7.47. The number of ether oxygens (including phenoxy) is 1. The largest absolute Gasteiger partial charge is 0.444 e. The number of rotatable bonds is 6. The predicted molar refractivity (Wildman–Crippen MR) is 154 cm³/mol. The molecule has 2 aromatic carbocycles. The molecule has 1 saturated heterocycles. The van der Waals surface area contributed by atoms with Gasteiger partial charge in [-0.25, -0.2) is 4.79 Å². The van der Waals surface area contributed by atoms with Gasteiger partial charge in [-0.3, -0.25) is 19.3 Å². The van der Waals surface area contributed by atoms with Crippen LogP contribution in [0.4, 0.5) is 4.79 Å². The summed E-state index contributed by atoms with van der Waals surface area (Å²) in [5.41, 5.74) is 1.26. The molecule has 2 aliphatic rings. The van der Waals surface area contributed by atoms with Crippen LogP contribution in [0.3, 0.4) is 0 Å². The number of hydrogen-bond donors (Lipinski definition) is 3. The molecule has 1 unspecified atom stereocenters. The molecule has 3 aromatic rings.